The standard InChI is InChI=1S/C22H21ClF3N3O3/c23-16-2-1-3-19-20(16)31-12-15(32-19)11-28-8-6-14(7-9-28)29-18-5-4-13(22(24,25)26)10-17(18)27-21(29)30/h1-5,10,14-15H,6-9,11-12H2,(H,27,30). The number of rotatable bonds is 3. The van der Waals surface area contributed by atoms with Gasteiger partial charge in [0.25, 0.3) is 0 Å². The fourth-order valence-corrected chi connectivity index (χ4v) is 4.74. The average Bonchev–Trinajstić information content (AvgIpc) is 3.09. The van der Waals surface area contributed by atoms with E-state index >= 15 is 0 Å². The molecule has 0 bridgehead atoms. The van der Waals surface area contributed by atoms with Gasteiger partial charge >= 0.3 is 11.9 Å². The van der Waals surface area contributed by atoms with Crippen LogP contribution in [0.5, 0.6) is 11.5 Å². The maximum absolute atomic E-state index is 13.0. The number of imidazole rings is 1. The molecule has 32 heavy (non-hydrogen) atoms. The number of likely N-dealkylation sites (tertiary alicyclic amines) is 1. The van der Waals surface area contributed by atoms with Crippen LogP contribution in [0.1, 0.15) is 24.4 Å². The molecule has 3 heterocycles. The second kappa shape index (κ2) is 8.04. The average molecular weight is 468 g/mol. The zero-order valence-electron chi connectivity index (χ0n) is 17.0. The van der Waals surface area contributed by atoms with Crippen molar-refractivity contribution in [1.29, 1.82) is 0 Å². The fraction of sp³-hybridized carbons (Fsp3) is 0.409. The van der Waals surface area contributed by atoms with Crippen molar-refractivity contribution in [2.75, 3.05) is 26.2 Å². The Bertz CT molecular complexity index is 1200. The van der Waals surface area contributed by atoms with Crippen LogP contribution < -0.4 is 15.2 Å². The first kappa shape index (κ1) is 21.2. The Hall–Kier alpha value is -2.65. The molecule has 1 fully saturated rings. The molecule has 3 aromatic rings. The van der Waals surface area contributed by atoms with Gasteiger partial charge < -0.3 is 14.5 Å². The predicted molar refractivity (Wildman–Crippen MR) is 114 cm³/mol. The second-order valence-corrected chi connectivity index (χ2v) is 8.59. The molecule has 10 heteroatoms. The van der Waals surface area contributed by atoms with Crippen molar-refractivity contribution >= 4 is 22.6 Å². The van der Waals surface area contributed by atoms with Crippen LogP contribution in [0.15, 0.2) is 41.2 Å². The highest BCUT2D eigenvalue weighted by Crippen LogP contribution is 2.38. The van der Waals surface area contributed by atoms with E-state index in [-0.39, 0.29) is 23.4 Å². The number of benzene rings is 2. The molecule has 0 saturated carbocycles. The molecule has 1 unspecified atom stereocenters. The number of fused-ring (bicyclic) bond motifs is 2. The lowest BCUT2D eigenvalue weighted by Gasteiger charge is -2.36. The summed E-state index contributed by atoms with van der Waals surface area (Å²) in [6.45, 7) is 2.57. The van der Waals surface area contributed by atoms with Crippen molar-refractivity contribution in [2.45, 2.75) is 31.2 Å². The molecule has 2 aliphatic heterocycles. The molecule has 2 aromatic carbocycles. The van der Waals surface area contributed by atoms with E-state index in [0.717, 1.165) is 25.2 Å². The Kier molecular flexibility index (Phi) is 5.33. The van der Waals surface area contributed by atoms with Crippen molar-refractivity contribution in [2.24, 2.45) is 0 Å². The molecule has 5 rings (SSSR count). The third-order valence-electron chi connectivity index (χ3n) is 6.07. The van der Waals surface area contributed by atoms with E-state index in [9.17, 15) is 18.0 Å². The third-order valence-corrected chi connectivity index (χ3v) is 6.36. The number of hydrogen-bond acceptors (Lipinski definition) is 4. The summed E-state index contributed by atoms with van der Waals surface area (Å²) in [5.74, 6) is 1.20. The first-order valence-electron chi connectivity index (χ1n) is 10.4. The summed E-state index contributed by atoms with van der Waals surface area (Å²) in [6.07, 6.45) is -3.16. The first-order chi connectivity index (χ1) is 15.3. The van der Waals surface area contributed by atoms with Gasteiger partial charge in [-0.05, 0) is 43.2 Å². The van der Waals surface area contributed by atoms with Crippen molar-refractivity contribution in [1.82, 2.24) is 14.5 Å². The lowest BCUT2D eigenvalue weighted by atomic mass is 10.0. The van der Waals surface area contributed by atoms with Crippen LogP contribution in [-0.4, -0.2) is 46.8 Å². The van der Waals surface area contributed by atoms with Crippen molar-refractivity contribution in [3.8, 4) is 11.5 Å². The fourth-order valence-electron chi connectivity index (χ4n) is 4.52. The third kappa shape index (κ3) is 3.95. The molecule has 1 N–H and O–H groups in total. The maximum atomic E-state index is 13.0. The molecule has 170 valence electrons. The van der Waals surface area contributed by atoms with Gasteiger partial charge in [0, 0.05) is 25.7 Å². The lowest BCUT2D eigenvalue weighted by molar-refractivity contribution is -0.137. The first-order valence-corrected chi connectivity index (χ1v) is 10.8. The Labute approximate surface area is 186 Å². The lowest BCUT2D eigenvalue weighted by Crippen LogP contribution is -2.45. The molecule has 2 aliphatic rings. The van der Waals surface area contributed by atoms with E-state index in [4.69, 9.17) is 21.1 Å². The van der Waals surface area contributed by atoms with E-state index < -0.39 is 11.7 Å². The van der Waals surface area contributed by atoms with E-state index in [2.05, 4.69) is 9.88 Å². The van der Waals surface area contributed by atoms with Crippen LogP contribution >= 0.6 is 11.6 Å². The molecule has 0 radical (unpaired) electrons. The van der Waals surface area contributed by atoms with Gasteiger partial charge in [-0.1, -0.05) is 17.7 Å². The van der Waals surface area contributed by atoms with Crippen LogP contribution in [0.2, 0.25) is 5.02 Å². The Morgan fingerprint density at radius 3 is 2.69 bits per heavy atom. The van der Waals surface area contributed by atoms with E-state index in [1.807, 2.05) is 12.1 Å². The number of aromatic amines is 1. The van der Waals surface area contributed by atoms with Crippen LogP contribution in [0, 0.1) is 0 Å². The van der Waals surface area contributed by atoms with Crippen molar-refractivity contribution < 1.29 is 22.6 Å². The highest BCUT2D eigenvalue weighted by atomic mass is 35.5. The Morgan fingerprint density at radius 2 is 1.94 bits per heavy atom. The summed E-state index contributed by atoms with van der Waals surface area (Å²) < 4.78 is 52.3. The molecule has 0 aliphatic carbocycles. The van der Waals surface area contributed by atoms with Gasteiger partial charge in [-0.25, -0.2) is 4.79 Å². The highest BCUT2D eigenvalue weighted by Gasteiger charge is 2.32. The van der Waals surface area contributed by atoms with Crippen molar-refractivity contribution in [3.05, 3.63) is 57.5 Å². The van der Waals surface area contributed by atoms with Gasteiger partial charge in [-0.15, -0.1) is 0 Å². The zero-order valence-corrected chi connectivity index (χ0v) is 17.7. The topological polar surface area (TPSA) is 59.5 Å². The van der Waals surface area contributed by atoms with Gasteiger partial charge in [0.15, 0.2) is 11.5 Å². The van der Waals surface area contributed by atoms with Gasteiger partial charge in [0.05, 0.1) is 21.6 Å². The molecule has 0 spiro atoms. The number of halogens is 4. The highest BCUT2D eigenvalue weighted by molar-refractivity contribution is 6.32. The van der Waals surface area contributed by atoms with Crippen LogP contribution in [0.3, 0.4) is 0 Å². The van der Waals surface area contributed by atoms with E-state index in [1.165, 1.54) is 6.07 Å². The number of piperidine rings is 1. The summed E-state index contributed by atoms with van der Waals surface area (Å²) >= 11 is 6.13. The second-order valence-electron chi connectivity index (χ2n) is 8.18. The quantitative estimate of drug-likeness (QED) is 0.617. The summed E-state index contributed by atoms with van der Waals surface area (Å²) in [7, 11) is 0. The predicted octanol–water partition coefficient (Wildman–Crippen LogP) is 4.48. The number of nitrogens with one attached hydrogen (secondary N) is 1. The van der Waals surface area contributed by atoms with Crippen LogP contribution in [0.25, 0.3) is 11.0 Å². The number of aromatic nitrogens is 2. The maximum Gasteiger partial charge on any atom is 0.416 e. The van der Waals surface area contributed by atoms with E-state index in [1.54, 1.807) is 10.6 Å². The van der Waals surface area contributed by atoms with Gasteiger partial charge in [-0.3, -0.25) is 9.47 Å². The normalized spacial score (nSPS) is 20.1. The number of ether oxygens (including phenoxy) is 2. The minimum Gasteiger partial charge on any atom is -0.484 e. The number of H-pyrrole nitrogens is 1. The molecule has 1 atom stereocenters. The number of hydrogen-bond donors (Lipinski definition) is 1. The Balaban J connectivity index is 1.25. The molecule has 1 saturated heterocycles. The number of nitrogens with zero attached hydrogens (tertiary/aromatic N) is 2. The molecule has 6 nitrogen and oxygen atoms in total. The molecular weight excluding hydrogens is 447 g/mol. The zero-order chi connectivity index (χ0) is 22.5. The van der Waals surface area contributed by atoms with E-state index in [0.29, 0.717) is 48.0 Å². The summed E-state index contributed by atoms with van der Waals surface area (Å²) in [5.41, 5.74) is -0.447. The number of para-hydroxylation sites is 1. The van der Waals surface area contributed by atoms with Crippen LogP contribution in [-0.2, 0) is 6.18 Å². The van der Waals surface area contributed by atoms with Crippen LogP contribution in [0.4, 0.5) is 13.2 Å². The SMILES string of the molecule is O=c1[nH]c2cc(C(F)(F)F)ccc2n1C1CCN(CC2COc3c(Cl)cccc3O2)CC1. The molecule has 0 amide bonds. The summed E-state index contributed by atoms with van der Waals surface area (Å²) in [5, 5.41) is 0.522. The minimum absolute atomic E-state index is 0.0766. The minimum atomic E-state index is -4.45. The summed E-state index contributed by atoms with van der Waals surface area (Å²) in [6, 6.07) is 8.71. The van der Waals surface area contributed by atoms with Gasteiger partial charge in [0.2, 0.25) is 0 Å². The Morgan fingerprint density at radius 1 is 1.16 bits per heavy atom. The summed E-state index contributed by atoms with van der Waals surface area (Å²) in [4.78, 5) is 17.3. The largest absolute Gasteiger partial charge is 0.484 e. The molecule has 1 aromatic heterocycles. The monoisotopic (exact) mass is 467 g/mol. The molecular formula is C22H21ClF3N3O3. The number of alkyl halides is 3. The van der Waals surface area contributed by atoms with Gasteiger partial charge in [0.1, 0.15) is 12.7 Å². The van der Waals surface area contributed by atoms with Gasteiger partial charge in [-0.2, -0.15) is 13.2 Å². The van der Waals surface area contributed by atoms with Crippen molar-refractivity contribution in [3.63, 3.8) is 0 Å². The smallest absolute Gasteiger partial charge is 0.416 e.